The van der Waals surface area contributed by atoms with Crippen molar-refractivity contribution in [2.75, 3.05) is 6.61 Å². The van der Waals surface area contributed by atoms with Gasteiger partial charge in [0.05, 0.1) is 23.4 Å². The third kappa shape index (κ3) is 5.95. The summed E-state index contributed by atoms with van der Waals surface area (Å²) in [6, 6.07) is 0. The van der Waals surface area contributed by atoms with Gasteiger partial charge in [0.2, 0.25) is 0 Å². The Bertz CT molecular complexity index is 558. The van der Waals surface area contributed by atoms with E-state index < -0.39 is 34.7 Å². The fourth-order valence-corrected chi connectivity index (χ4v) is 4.89. The molecule has 1 fully saturated rings. The third-order valence-corrected chi connectivity index (χ3v) is 6.81. The van der Waals surface area contributed by atoms with Crippen molar-refractivity contribution in [2.45, 2.75) is 98.3 Å². The second-order valence-electron chi connectivity index (χ2n) is 9.08. The lowest BCUT2D eigenvalue weighted by atomic mass is 9.52. The molecule has 1 aliphatic carbocycles. The van der Waals surface area contributed by atoms with E-state index in [4.69, 9.17) is 4.74 Å². The van der Waals surface area contributed by atoms with E-state index in [0.29, 0.717) is 38.0 Å². The minimum absolute atomic E-state index is 0.00142. The summed E-state index contributed by atoms with van der Waals surface area (Å²) in [6.45, 7) is 8.31. The van der Waals surface area contributed by atoms with Crippen LogP contribution >= 0.6 is 0 Å². The van der Waals surface area contributed by atoms with Crippen LogP contribution in [0.25, 0.3) is 0 Å². The number of hydrogen-bond donors (Lipinski definition) is 2. The van der Waals surface area contributed by atoms with Crippen molar-refractivity contribution in [1.29, 1.82) is 0 Å². The molecule has 0 bridgehead atoms. The maximum atomic E-state index is 13.4. The molecule has 3 unspecified atom stereocenters. The van der Waals surface area contributed by atoms with Gasteiger partial charge >= 0.3 is 17.9 Å². The van der Waals surface area contributed by atoms with Gasteiger partial charge < -0.3 is 14.9 Å². The van der Waals surface area contributed by atoms with Crippen LogP contribution in [0.5, 0.6) is 0 Å². The van der Waals surface area contributed by atoms with Crippen LogP contribution in [0.2, 0.25) is 0 Å². The third-order valence-electron chi connectivity index (χ3n) is 6.81. The zero-order chi connectivity index (χ0) is 22.1. The van der Waals surface area contributed by atoms with Crippen molar-refractivity contribution in [2.24, 2.45) is 22.7 Å². The fourth-order valence-electron chi connectivity index (χ4n) is 4.89. The van der Waals surface area contributed by atoms with Crippen LogP contribution in [0.1, 0.15) is 98.3 Å². The summed E-state index contributed by atoms with van der Waals surface area (Å²) in [5, 5.41) is 19.9. The highest BCUT2D eigenvalue weighted by molar-refractivity contribution is 5.88. The minimum atomic E-state index is -1.38. The molecule has 168 valence electrons. The van der Waals surface area contributed by atoms with Crippen LogP contribution in [0.15, 0.2) is 0 Å². The summed E-state index contributed by atoms with van der Waals surface area (Å²) in [5.41, 5.74) is -2.57. The highest BCUT2D eigenvalue weighted by Gasteiger charge is 2.62. The van der Waals surface area contributed by atoms with Crippen LogP contribution in [0.4, 0.5) is 0 Å². The lowest BCUT2D eigenvalue weighted by molar-refractivity contribution is -0.187. The molecule has 29 heavy (non-hydrogen) atoms. The highest BCUT2D eigenvalue weighted by Crippen LogP contribution is 2.56. The van der Waals surface area contributed by atoms with Gasteiger partial charge in [-0.3, -0.25) is 14.4 Å². The number of ether oxygens (including phenoxy) is 1. The van der Waals surface area contributed by atoms with Crippen molar-refractivity contribution < 1.29 is 29.3 Å². The summed E-state index contributed by atoms with van der Waals surface area (Å²) in [6.07, 6.45) is 6.53. The van der Waals surface area contributed by atoms with E-state index in [1.165, 1.54) is 0 Å². The molecule has 0 saturated heterocycles. The Balaban J connectivity index is 3.29. The Morgan fingerprint density at radius 3 is 2.34 bits per heavy atom. The Morgan fingerprint density at radius 1 is 1.14 bits per heavy atom. The number of carbonyl (C=O) groups excluding carboxylic acids is 1. The van der Waals surface area contributed by atoms with Crippen LogP contribution < -0.4 is 0 Å². The van der Waals surface area contributed by atoms with Gasteiger partial charge in [-0.05, 0) is 44.4 Å². The van der Waals surface area contributed by atoms with Crippen LogP contribution in [0, 0.1) is 22.7 Å². The number of carboxylic acids is 2. The van der Waals surface area contributed by atoms with E-state index in [-0.39, 0.29) is 13.0 Å². The zero-order valence-electron chi connectivity index (χ0n) is 18.7. The molecule has 0 aromatic rings. The van der Waals surface area contributed by atoms with Crippen LogP contribution in [-0.4, -0.2) is 34.7 Å². The predicted molar refractivity (Wildman–Crippen MR) is 112 cm³/mol. The molecule has 0 aliphatic heterocycles. The predicted octanol–water partition coefficient (Wildman–Crippen LogP) is 5.29. The average molecular weight is 413 g/mol. The fraction of sp³-hybridized carbons (Fsp3) is 0.870. The molecule has 0 heterocycles. The van der Waals surface area contributed by atoms with Gasteiger partial charge in [0, 0.05) is 0 Å². The highest BCUT2D eigenvalue weighted by atomic mass is 16.5. The lowest BCUT2D eigenvalue weighted by Gasteiger charge is -2.49. The topological polar surface area (TPSA) is 101 Å². The normalized spacial score (nSPS) is 24.1. The molecular formula is C23H40O6. The average Bonchev–Trinajstić information content (AvgIpc) is 2.67. The largest absolute Gasteiger partial charge is 0.481 e. The van der Waals surface area contributed by atoms with E-state index in [1.54, 1.807) is 0 Å². The summed E-state index contributed by atoms with van der Waals surface area (Å²) in [4.78, 5) is 37.7. The van der Waals surface area contributed by atoms with E-state index in [1.807, 2.05) is 20.8 Å². The Hall–Kier alpha value is -1.59. The van der Waals surface area contributed by atoms with E-state index in [2.05, 4.69) is 6.92 Å². The van der Waals surface area contributed by atoms with Gasteiger partial charge in [0.1, 0.15) is 0 Å². The van der Waals surface area contributed by atoms with Crippen LogP contribution in [-0.2, 0) is 19.1 Å². The Morgan fingerprint density at radius 2 is 1.83 bits per heavy atom. The van der Waals surface area contributed by atoms with Crippen molar-refractivity contribution in [1.82, 2.24) is 0 Å². The number of unbranched alkanes of at least 4 members (excludes halogenated alkanes) is 3. The summed E-state index contributed by atoms with van der Waals surface area (Å²) in [7, 11) is 0. The molecule has 6 nitrogen and oxygen atoms in total. The molecule has 6 heteroatoms. The second-order valence-corrected chi connectivity index (χ2v) is 9.08. The second kappa shape index (κ2) is 11.6. The molecule has 0 aromatic carbocycles. The molecule has 1 aliphatic rings. The monoisotopic (exact) mass is 412 g/mol. The van der Waals surface area contributed by atoms with E-state index in [0.717, 1.165) is 32.1 Å². The molecule has 2 N–H and O–H groups in total. The quantitative estimate of drug-likeness (QED) is 0.315. The number of carboxylic acid groups (broad SMARTS) is 2. The number of hydrogen-bond acceptors (Lipinski definition) is 4. The zero-order valence-corrected chi connectivity index (χ0v) is 18.7. The first-order valence-corrected chi connectivity index (χ1v) is 11.3. The lowest BCUT2D eigenvalue weighted by Crippen LogP contribution is -2.55. The number of rotatable bonds is 13. The molecule has 3 atom stereocenters. The van der Waals surface area contributed by atoms with Crippen molar-refractivity contribution in [3.63, 3.8) is 0 Å². The minimum Gasteiger partial charge on any atom is -0.481 e. The van der Waals surface area contributed by atoms with E-state index >= 15 is 0 Å². The van der Waals surface area contributed by atoms with Crippen LogP contribution in [0.3, 0.4) is 0 Å². The molecule has 1 rings (SSSR count). The summed E-state index contributed by atoms with van der Waals surface area (Å²) >= 11 is 0. The van der Waals surface area contributed by atoms with E-state index in [9.17, 15) is 24.6 Å². The first kappa shape index (κ1) is 25.4. The molecule has 0 amide bonds. The first-order chi connectivity index (χ1) is 13.7. The Labute approximate surface area is 175 Å². The maximum Gasteiger partial charge on any atom is 0.313 e. The summed E-state index contributed by atoms with van der Waals surface area (Å²) in [5.74, 6) is -2.83. The van der Waals surface area contributed by atoms with Gasteiger partial charge in [-0.1, -0.05) is 59.8 Å². The first-order valence-electron chi connectivity index (χ1n) is 11.3. The number of carbonyl (C=O) groups is 3. The number of esters is 1. The van der Waals surface area contributed by atoms with Crippen molar-refractivity contribution in [3.8, 4) is 0 Å². The SMILES string of the molecule is CCCCCCC(CC)(C(=O)OCCC(C)C)C1(C(=O)O)CCCC(C(=O)O)C1. The molecule has 0 aromatic heterocycles. The van der Waals surface area contributed by atoms with Gasteiger partial charge in [-0.15, -0.1) is 0 Å². The molecule has 0 spiro atoms. The summed E-state index contributed by atoms with van der Waals surface area (Å²) < 4.78 is 5.64. The van der Waals surface area contributed by atoms with Gasteiger partial charge in [0.25, 0.3) is 0 Å². The van der Waals surface area contributed by atoms with Crippen molar-refractivity contribution in [3.05, 3.63) is 0 Å². The molecule has 1 saturated carbocycles. The Kier molecular flexibility index (Phi) is 10.1. The van der Waals surface area contributed by atoms with Crippen molar-refractivity contribution >= 4 is 17.9 Å². The van der Waals surface area contributed by atoms with Gasteiger partial charge in [-0.25, -0.2) is 0 Å². The molecular weight excluding hydrogens is 372 g/mol. The standard InChI is InChI=1S/C23H40O6/c1-5-7-8-9-13-22(6-2,21(28)29-15-12-17(3)4)23(20(26)27)14-10-11-18(16-23)19(24)25/h17-18H,5-16H2,1-4H3,(H,24,25)(H,26,27). The van der Waals surface area contributed by atoms with Gasteiger partial charge in [-0.2, -0.15) is 0 Å². The number of aliphatic carboxylic acids is 2. The van der Waals surface area contributed by atoms with Gasteiger partial charge in [0.15, 0.2) is 0 Å². The smallest absolute Gasteiger partial charge is 0.313 e. The maximum absolute atomic E-state index is 13.4. The molecule has 0 radical (unpaired) electrons.